The van der Waals surface area contributed by atoms with Crippen LogP contribution in [0.4, 0.5) is 5.00 Å². The number of ketones is 1. The van der Waals surface area contributed by atoms with Gasteiger partial charge in [-0.2, -0.15) is 10.5 Å². The third-order valence-electron chi connectivity index (χ3n) is 7.59. The summed E-state index contributed by atoms with van der Waals surface area (Å²) >= 11 is 1.57. The summed E-state index contributed by atoms with van der Waals surface area (Å²) in [6, 6.07) is 10.2. The summed E-state index contributed by atoms with van der Waals surface area (Å²) in [5, 5.41) is 21.3. The largest absolute Gasteiger partial charge is 0.493 e. The van der Waals surface area contributed by atoms with Crippen molar-refractivity contribution >= 4 is 22.1 Å². The lowest BCUT2D eigenvalue weighted by Crippen LogP contribution is -2.42. The number of thiophene rings is 1. The topological polar surface area (TPSA) is 112 Å². The Morgan fingerprint density at radius 3 is 2.49 bits per heavy atom. The van der Waals surface area contributed by atoms with Crippen LogP contribution in [-0.4, -0.2) is 20.0 Å². The maximum Gasteiger partial charge on any atom is 0.162 e. The Kier molecular flexibility index (Phi) is 6.25. The molecule has 37 heavy (non-hydrogen) atoms. The molecule has 0 radical (unpaired) electrons. The molecule has 1 aromatic heterocycles. The van der Waals surface area contributed by atoms with Crippen molar-refractivity contribution in [1.29, 1.82) is 10.5 Å². The van der Waals surface area contributed by atoms with Gasteiger partial charge in [0.25, 0.3) is 0 Å². The van der Waals surface area contributed by atoms with Crippen LogP contribution in [0.15, 0.2) is 40.9 Å². The minimum Gasteiger partial charge on any atom is -0.493 e. The molecule has 5 rings (SSSR count). The Bertz CT molecular complexity index is 1450. The first kappa shape index (κ1) is 24.9. The highest BCUT2D eigenvalue weighted by molar-refractivity contribution is 7.16. The third-order valence-corrected chi connectivity index (χ3v) is 8.87. The highest BCUT2D eigenvalue weighted by Gasteiger charge is 2.46. The van der Waals surface area contributed by atoms with Gasteiger partial charge in [0.05, 0.1) is 37.3 Å². The summed E-state index contributed by atoms with van der Waals surface area (Å²) < 4.78 is 10.9. The molecule has 1 atom stereocenters. The molecule has 3 aliphatic rings. The molecule has 2 aromatic rings. The van der Waals surface area contributed by atoms with Gasteiger partial charge in [0.1, 0.15) is 16.9 Å². The lowest BCUT2D eigenvalue weighted by atomic mass is 9.68. The maximum absolute atomic E-state index is 13.8. The standard InChI is InChI=1S/C29H30N4O3S/c1-29(2)12-20-26(21(34)13-29)25(16-9-10-22(35-3)23(11-16)36-4)19(15-31)27(32)33(20)28-18(14-30)17-7-5-6-8-24(17)37-28/h9-11,25H,5-8,12-13,32H2,1-4H3/t25-/m1/s1. The first-order valence-corrected chi connectivity index (χ1v) is 13.3. The van der Waals surface area contributed by atoms with Crippen molar-refractivity contribution in [2.45, 2.75) is 58.3 Å². The first-order chi connectivity index (χ1) is 17.7. The van der Waals surface area contributed by atoms with E-state index in [4.69, 9.17) is 15.2 Å². The van der Waals surface area contributed by atoms with Crippen molar-refractivity contribution in [2.75, 3.05) is 19.1 Å². The molecular formula is C29H30N4O3S. The van der Waals surface area contributed by atoms with Crippen molar-refractivity contribution in [3.8, 4) is 23.6 Å². The van der Waals surface area contributed by atoms with Gasteiger partial charge in [-0.15, -0.1) is 11.3 Å². The van der Waals surface area contributed by atoms with E-state index in [9.17, 15) is 15.3 Å². The lowest BCUT2D eigenvalue weighted by molar-refractivity contribution is -0.118. The zero-order valence-corrected chi connectivity index (χ0v) is 22.4. The van der Waals surface area contributed by atoms with Crippen molar-refractivity contribution in [1.82, 2.24) is 0 Å². The number of methoxy groups -OCH3 is 2. The number of allylic oxidation sites excluding steroid dienone is 3. The van der Waals surface area contributed by atoms with Crippen LogP contribution < -0.4 is 20.1 Å². The summed E-state index contributed by atoms with van der Waals surface area (Å²) in [5.74, 6) is 0.728. The van der Waals surface area contributed by atoms with Crippen LogP contribution >= 0.6 is 11.3 Å². The number of hydrogen-bond donors (Lipinski definition) is 1. The van der Waals surface area contributed by atoms with Crippen LogP contribution in [0.25, 0.3) is 0 Å². The van der Waals surface area contributed by atoms with Crippen LogP contribution in [0.2, 0.25) is 0 Å². The van der Waals surface area contributed by atoms with E-state index in [0.717, 1.165) is 47.5 Å². The van der Waals surface area contributed by atoms with Gasteiger partial charge in [-0.1, -0.05) is 19.9 Å². The zero-order valence-electron chi connectivity index (χ0n) is 21.6. The number of nitrogens with two attached hydrogens (primary N) is 1. The maximum atomic E-state index is 13.8. The molecule has 0 bridgehead atoms. The highest BCUT2D eigenvalue weighted by Crippen LogP contribution is 2.53. The van der Waals surface area contributed by atoms with Crippen molar-refractivity contribution in [2.24, 2.45) is 11.1 Å². The molecule has 0 amide bonds. The van der Waals surface area contributed by atoms with E-state index in [0.29, 0.717) is 41.1 Å². The molecule has 0 fully saturated rings. The fraction of sp³-hybridized carbons (Fsp3) is 0.414. The summed E-state index contributed by atoms with van der Waals surface area (Å²) in [7, 11) is 3.12. The second kappa shape index (κ2) is 9.28. The van der Waals surface area contributed by atoms with Crippen molar-refractivity contribution in [3.63, 3.8) is 0 Å². The monoisotopic (exact) mass is 514 g/mol. The van der Waals surface area contributed by atoms with Gasteiger partial charge in [-0.25, -0.2) is 0 Å². The van der Waals surface area contributed by atoms with Crippen LogP contribution in [0.5, 0.6) is 11.5 Å². The van der Waals surface area contributed by atoms with Crippen LogP contribution in [0.1, 0.15) is 67.0 Å². The van der Waals surface area contributed by atoms with Crippen LogP contribution in [-0.2, 0) is 17.6 Å². The number of ether oxygens (including phenoxy) is 2. The minimum atomic E-state index is -0.625. The summed E-state index contributed by atoms with van der Waals surface area (Å²) in [5.41, 5.74) is 10.6. The second-order valence-corrected chi connectivity index (χ2v) is 11.7. The predicted octanol–water partition coefficient (Wildman–Crippen LogP) is 5.46. The van der Waals surface area contributed by atoms with E-state index < -0.39 is 5.92 Å². The summed E-state index contributed by atoms with van der Waals surface area (Å²) in [4.78, 5) is 16.9. The van der Waals surface area contributed by atoms with Crippen LogP contribution in [0, 0.1) is 28.1 Å². The number of benzene rings is 1. The molecule has 0 saturated heterocycles. The molecule has 0 saturated carbocycles. The normalized spacial score (nSPS) is 20.6. The highest BCUT2D eigenvalue weighted by atomic mass is 32.1. The van der Waals surface area contributed by atoms with Gasteiger partial charge in [0.2, 0.25) is 0 Å². The fourth-order valence-electron chi connectivity index (χ4n) is 5.93. The molecule has 2 N–H and O–H groups in total. The first-order valence-electron chi connectivity index (χ1n) is 12.5. The molecule has 0 spiro atoms. The summed E-state index contributed by atoms with van der Waals surface area (Å²) in [6.07, 6.45) is 4.91. The Morgan fingerprint density at radius 2 is 1.81 bits per heavy atom. The molecule has 8 heteroatoms. The Balaban J connectivity index is 1.78. The SMILES string of the molecule is COc1ccc([C@@H]2C(C#N)=C(N)N(c3sc4c(c3C#N)CCCC4)C3=C2C(=O)CC(C)(C)C3)cc1OC. The van der Waals surface area contributed by atoms with Gasteiger partial charge >= 0.3 is 0 Å². The molecule has 7 nitrogen and oxygen atoms in total. The van der Waals surface area contributed by atoms with E-state index in [1.54, 1.807) is 31.6 Å². The molecule has 2 aliphatic carbocycles. The number of anilines is 1. The minimum absolute atomic E-state index is 0.00360. The fourth-order valence-corrected chi connectivity index (χ4v) is 7.31. The molecule has 1 aliphatic heterocycles. The average molecular weight is 515 g/mol. The van der Waals surface area contributed by atoms with Gasteiger partial charge in [-0.3, -0.25) is 9.69 Å². The molecule has 0 unspecified atom stereocenters. The zero-order chi connectivity index (χ0) is 26.5. The second-order valence-electron chi connectivity index (χ2n) is 10.6. The number of aryl methyl sites for hydroxylation is 1. The predicted molar refractivity (Wildman–Crippen MR) is 142 cm³/mol. The molecule has 190 valence electrons. The number of nitrogens with zero attached hydrogens (tertiary/aromatic N) is 3. The van der Waals surface area contributed by atoms with Crippen molar-refractivity contribution in [3.05, 3.63) is 62.4 Å². The number of fused-ring (bicyclic) bond motifs is 1. The third kappa shape index (κ3) is 3.97. The Labute approximate surface area is 221 Å². The number of carbonyl (C=O) groups excluding carboxylic acids is 1. The molecular weight excluding hydrogens is 484 g/mol. The Morgan fingerprint density at radius 1 is 1.08 bits per heavy atom. The van der Waals surface area contributed by atoms with Gasteiger partial charge in [0, 0.05) is 22.6 Å². The van der Waals surface area contributed by atoms with Gasteiger partial charge in [-0.05, 0) is 60.8 Å². The van der Waals surface area contributed by atoms with E-state index in [-0.39, 0.29) is 17.0 Å². The van der Waals surface area contributed by atoms with E-state index in [1.807, 2.05) is 17.0 Å². The van der Waals surface area contributed by atoms with Crippen LogP contribution in [0.3, 0.4) is 0 Å². The van der Waals surface area contributed by atoms with E-state index in [2.05, 4.69) is 26.0 Å². The number of rotatable bonds is 4. The summed E-state index contributed by atoms with van der Waals surface area (Å²) in [6.45, 7) is 4.14. The number of hydrogen-bond acceptors (Lipinski definition) is 8. The van der Waals surface area contributed by atoms with E-state index in [1.165, 1.54) is 4.88 Å². The number of Topliss-reactive ketones (excluding diaryl/α,β-unsaturated/α-hetero) is 1. The number of nitriles is 2. The smallest absolute Gasteiger partial charge is 0.162 e. The Hall–Kier alpha value is -3.75. The number of carbonyl (C=O) groups is 1. The van der Waals surface area contributed by atoms with Gasteiger partial charge in [0.15, 0.2) is 17.3 Å². The van der Waals surface area contributed by atoms with E-state index >= 15 is 0 Å². The quantitative estimate of drug-likeness (QED) is 0.577. The van der Waals surface area contributed by atoms with Gasteiger partial charge < -0.3 is 15.2 Å². The van der Waals surface area contributed by atoms with Crippen molar-refractivity contribution < 1.29 is 14.3 Å². The average Bonchev–Trinajstić information content (AvgIpc) is 3.24. The molecule has 2 heterocycles. The lowest BCUT2D eigenvalue weighted by Gasteiger charge is -2.43. The molecule has 1 aromatic carbocycles.